The smallest absolute Gasteiger partial charge is 0.251 e. The van der Waals surface area contributed by atoms with Gasteiger partial charge in [0.25, 0.3) is 11.8 Å². The van der Waals surface area contributed by atoms with Crippen LogP contribution in [0.1, 0.15) is 65.0 Å². The molecule has 7 nitrogen and oxygen atoms in total. The summed E-state index contributed by atoms with van der Waals surface area (Å²) >= 11 is 0. The zero-order chi connectivity index (χ0) is 22.6. The minimum absolute atomic E-state index is 0.00614. The Kier molecular flexibility index (Phi) is 7.12. The zero-order valence-electron chi connectivity index (χ0n) is 18.1. The summed E-state index contributed by atoms with van der Waals surface area (Å²) in [5.41, 5.74) is 2.30. The van der Waals surface area contributed by atoms with Crippen molar-refractivity contribution in [3.63, 3.8) is 0 Å². The van der Waals surface area contributed by atoms with Crippen molar-refractivity contribution in [2.75, 3.05) is 0 Å². The van der Waals surface area contributed by atoms with E-state index >= 15 is 0 Å². The number of hydrogen-bond donors (Lipinski definition) is 3. The van der Waals surface area contributed by atoms with Crippen molar-refractivity contribution in [3.8, 4) is 0 Å². The van der Waals surface area contributed by atoms with Gasteiger partial charge in [-0.3, -0.25) is 9.59 Å². The summed E-state index contributed by atoms with van der Waals surface area (Å²) in [6.07, 6.45) is 2.52. The van der Waals surface area contributed by atoms with Crippen LogP contribution < -0.4 is 15.4 Å². The molecule has 166 valence electrons. The van der Waals surface area contributed by atoms with Gasteiger partial charge >= 0.3 is 0 Å². The zero-order valence-corrected chi connectivity index (χ0v) is 18.9. The first-order chi connectivity index (χ1) is 14.7. The van der Waals surface area contributed by atoms with Gasteiger partial charge in [0.2, 0.25) is 10.0 Å². The van der Waals surface area contributed by atoms with Gasteiger partial charge in [-0.25, -0.2) is 13.1 Å². The van der Waals surface area contributed by atoms with E-state index in [0.717, 1.165) is 24.8 Å². The predicted octanol–water partition coefficient (Wildman–Crippen LogP) is 2.89. The van der Waals surface area contributed by atoms with Crippen LogP contribution in [-0.2, 0) is 16.6 Å². The average molecular weight is 444 g/mol. The Morgan fingerprint density at radius 1 is 1.10 bits per heavy atom. The maximum atomic E-state index is 12.8. The second-order valence-corrected chi connectivity index (χ2v) is 9.75. The van der Waals surface area contributed by atoms with Gasteiger partial charge in [-0.05, 0) is 68.5 Å². The van der Waals surface area contributed by atoms with Crippen LogP contribution in [0.15, 0.2) is 47.4 Å². The van der Waals surface area contributed by atoms with Crippen molar-refractivity contribution < 1.29 is 18.0 Å². The molecule has 0 bridgehead atoms. The molecule has 1 aliphatic carbocycles. The van der Waals surface area contributed by atoms with E-state index in [1.54, 1.807) is 31.2 Å². The second-order valence-electron chi connectivity index (χ2n) is 8.04. The molecule has 1 atom stereocenters. The van der Waals surface area contributed by atoms with E-state index in [2.05, 4.69) is 15.4 Å². The Labute approximate surface area is 183 Å². The summed E-state index contributed by atoms with van der Waals surface area (Å²) in [6, 6.07) is 11.7. The van der Waals surface area contributed by atoms with Crippen LogP contribution in [0.25, 0.3) is 0 Å². The highest BCUT2D eigenvalue weighted by atomic mass is 32.2. The van der Waals surface area contributed by atoms with Gasteiger partial charge in [0.15, 0.2) is 0 Å². The Bertz CT molecular complexity index is 1080. The van der Waals surface area contributed by atoms with E-state index in [1.807, 2.05) is 19.9 Å². The largest absolute Gasteiger partial charge is 0.350 e. The maximum Gasteiger partial charge on any atom is 0.251 e. The second kappa shape index (κ2) is 9.62. The third kappa shape index (κ3) is 6.15. The van der Waals surface area contributed by atoms with E-state index in [0.29, 0.717) is 16.7 Å². The molecule has 0 heterocycles. The molecule has 8 heteroatoms. The molecule has 31 heavy (non-hydrogen) atoms. The van der Waals surface area contributed by atoms with Crippen LogP contribution in [-0.4, -0.2) is 32.3 Å². The topological polar surface area (TPSA) is 104 Å². The number of sulfonamides is 1. The minimum atomic E-state index is -3.64. The van der Waals surface area contributed by atoms with Crippen molar-refractivity contribution in [1.82, 2.24) is 15.4 Å². The molecule has 2 aromatic rings. The summed E-state index contributed by atoms with van der Waals surface area (Å²) in [5.74, 6) is -0.519. The molecular weight excluding hydrogens is 414 g/mol. The van der Waals surface area contributed by atoms with Gasteiger partial charge < -0.3 is 10.6 Å². The van der Waals surface area contributed by atoms with E-state index in [-0.39, 0.29) is 35.3 Å². The Morgan fingerprint density at radius 3 is 2.52 bits per heavy atom. The predicted molar refractivity (Wildman–Crippen MR) is 119 cm³/mol. The van der Waals surface area contributed by atoms with E-state index in [1.165, 1.54) is 12.1 Å². The molecular formula is C23H29N3O4S. The number of benzene rings is 2. The first-order valence-electron chi connectivity index (χ1n) is 10.5. The molecule has 3 N–H and O–H groups in total. The van der Waals surface area contributed by atoms with Gasteiger partial charge in [-0.15, -0.1) is 0 Å². The molecule has 1 fully saturated rings. The first kappa shape index (κ1) is 23.0. The number of hydrogen-bond acceptors (Lipinski definition) is 4. The Morgan fingerprint density at radius 2 is 1.84 bits per heavy atom. The van der Waals surface area contributed by atoms with Crippen LogP contribution in [0.3, 0.4) is 0 Å². The van der Waals surface area contributed by atoms with Crippen LogP contribution >= 0.6 is 0 Å². The highest BCUT2D eigenvalue weighted by Gasteiger charge is 2.28. The summed E-state index contributed by atoms with van der Waals surface area (Å²) in [6.45, 7) is 5.93. The van der Waals surface area contributed by atoms with Crippen molar-refractivity contribution in [2.45, 2.75) is 63.6 Å². The molecule has 2 aromatic carbocycles. The fourth-order valence-corrected chi connectivity index (χ4v) is 4.34. The first-order valence-corrected chi connectivity index (χ1v) is 12.0. The Hall–Kier alpha value is -2.71. The molecule has 0 aliphatic heterocycles. The molecule has 0 aromatic heterocycles. The monoisotopic (exact) mass is 443 g/mol. The molecule has 0 radical (unpaired) electrons. The van der Waals surface area contributed by atoms with Crippen LogP contribution in [0, 0.1) is 6.92 Å². The van der Waals surface area contributed by atoms with Crippen LogP contribution in [0.2, 0.25) is 0 Å². The lowest BCUT2D eigenvalue weighted by molar-refractivity contribution is 0.0936. The number of rotatable bonds is 9. The molecule has 0 spiro atoms. The van der Waals surface area contributed by atoms with Crippen molar-refractivity contribution in [3.05, 3.63) is 64.7 Å². The van der Waals surface area contributed by atoms with Crippen LogP contribution in [0.5, 0.6) is 0 Å². The SMILES string of the molecule is CCC(C)NC(=O)c1cccc(CNC(=O)c2cc(S(=O)(=O)NC3CC3)ccc2C)c1. The number of aryl methyl sites for hydroxylation is 1. The van der Waals surface area contributed by atoms with E-state index < -0.39 is 10.0 Å². The summed E-state index contributed by atoms with van der Waals surface area (Å²) in [7, 11) is -3.64. The van der Waals surface area contributed by atoms with Crippen molar-refractivity contribution >= 4 is 21.8 Å². The van der Waals surface area contributed by atoms with Gasteiger partial charge in [-0.2, -0.15) is 0 Å². The molecule has 0 saturated heterocycles. The Balaban J connectivity index is 1.69. The number of carbonyl (C=O) groups is 2. The number of nitrogens with one attached hydrogen (secondary N) is 3. The summed E-state index contributed by atoms with van der Waals surface area (Å²) in [5, 5.41) is 5.74. The maximum absolute atomic E-state index is 12.8. The molecule has 1 saturated carbocycles. The molecule has 2 amide bonds. The van der Waals surface area contributed by atoms with Gasteiger partial charge in [0.05, 0.1) is 4.90 Å². The van der Waals surface area contributed by atoms with Crippen molar-refractivity contribution in [2.24, 2.45) is 0 Å². The lowest BCUT2D eigenvalue weighted by Crippen LogP contribution is -2.32. The lowest BCUT2D eigenvalue weighted by Gasteiger charge is -2.13. The minimum Gasteiger partial charge on any atom is -0.350 e. The third-order valence-corrected chi connectivity index (χ3v) is 6.81. The molecule has 3 rings (SSSR count). The number of amides is 2. The normalized spacial score (nSPS) is 14.7. The summed E-state index contributed by atoms with van der Waals surface area (Å²) < 4.78 is 27.6. The van der Waals surface area contributed by atoms with Gasteiger partial charge in [-0.1, -0.05) is 25.1 Å². The molecule has 1 unspecified atom stereocenters. The van der Waals surface area contributed by atoms with Gasteiger partial charge in [0, 0.05) is 29.8 Å². The van der Waals surface area contributed by atoms with E-state index in [4.69, 9.17) is 0 Å². The lowest BCUT2D eigenvalue weighted by atomic mass is 10.1. The number of carbonyl (C=O) groups excluding carboxylic acids is 2. The van der Waals surface area contributed by atoms with Crippen LogP contribution in [0.4, 0.5) is 0 Å². The fourth-order valence-electron chi connectivity index (χ4n) is 3.01. The fraction of sp³-hybridized carbons (Fsp3) is 0.391. The van der Waals surface area contributed by atoms with E-state index in [9.17, 15) is 18.0 Å². The third-order valence-electron chi connectivity index (χ3n) is 5.30. The highest BCUT2D eigenvalue weighted by molar-refractivity contribution is 7.89. The summed E-state index contributed by atoms with van der Waals surface area (Å²) in [4.78, 5) is 25.2. The quantitative estimate of drug-likeness (QED) is 0.554. The van der Waals surface area contributed by atoms with Crippen molar-refractivity contribution in [1.29, 1.82) is 0 Å². The standard InChI is InChI=1S/C23H29N3O4S/c1-4-16(3)25-22(27)18-7-5-6-17(12-18)14-24-23(28)21-13-20(11-8-15(21)2)31(29,30)26-19-9-10-19/h5-8,11-13,16,19,26H,4,9-10,14H2,1-3H3,(H,24,28)(H,25,27). The average Bonchev–Trinajstić information content (AvgIpc) is 3.55. The van der Waals surface area contributed by atoms with Gasteiger partial charge in [0.1, 0.15) is 0 Å². The molecule has 1 aliphatic rings. The highest BCUT2D eigenvalue weighted by Crippen LogP contribution is 2.23.